The molecule has 3 nitrogen and oxygen atoms in total. The highest BCUT2D eigenvalue weighted by molar-refractivity contribution is 5.86. The molecule has 4 saturated carbocycles. The van der Waals surface area contributed by atoms with E-state index in [1.165, 1.54) is 6.42 Å². The first kappa shape index (κ1) is 15.1. The summed E-state index contributed by atoms with van der Waals surface area (Å²) in [6.45, 7) is 0.804. The van der Waals surface area contributed by atoms with E-state index < -0.39 is 17.7 Å². The van der Waals surface area contributed by atoms with Gasteiger partial charge in [-0.2, -0.15) is 13.2 Å². The summed E-state index contributed by atoms with van der Waals surface area (Å²) >= 11 is 0. The van der Waals surface area contributed by atoms with Crippen molar-refractivity contribution in [2.75, 3.05) is 7.11 Å². The number of carbonyl (C=O) groups is 1. The molecular weight excluding hydrogens is 283 g/mol. The smallest absolute Gasteiger partial charge is 0.361 e. The molecule has 1 N–H and O–H groups in total. The zero-order valence-electron chi connectivity index (χ0n) is 12.4. The molecule has 4 aliphatic carbocycles. The van der Waals surface area contributed by atoms with E-state index in [0.29, 0.717) is 11.8 Å². The Kier molecular flexibility index (Phi) is 3.50. The van der Waals surface area contributed by atoms with Gasteiger partial charge in [0.05, 0.1) is 0 Å². The topological polar surface area (TPSA) is 38.3 Å². The third-order valence-corrected chi connectivity index (χ3v) is 5.91. The standard InChI is InChI=1S/C15H22F3NO2/c1-14(21-2,15(16,17)18)13(20)19-12-10-4-8-3-9(6-10)7-11(12)5-8/h8-12H,3-7H2,1-2H3,(H,19,20). The molecule has 4 aliphatic rings. The van der Waals surface area contributed by atoms with Crippen LogP contribution in [0.5, 0.6) is 0 Å². The zero-order valence-corrected chi connectivity index (χ0v) is 12.4. The minimum Gasteiger partial charge on any atom is -0.361 e. The average molecular weight is 305 g/mol. The van der Waals surface area contributed by atoms with Crippen LogP contribution in [0.2, 0.25) is 0 Å². The van der Waals surface area contributed by atoms with Gasteiger partial charge in [0.2, 0.25) is 5.60 Å². The van der Waals surface area contributed by atoms with Crippen LogP contribution in [0, 0.1) is 23.7 Å². The van der Waals surface area contributed by atoms with Crippen LogP contribution in [-0.4, -0.2) is 30.8 Å². The summed E-state index contributed by atoms with van der Waals surface area (Å²) in [6.07, 6.45) is 0.756. The van der Waals surface area contributed by atoms with Gasteiger partial charge in [-0.25, -0.2) is 0 Å². The fourth-order valence-corrected chi connectivity index (χ4v) is 4.79. The molecule has 0 aromatic carbocycles. The van der Waals surface area contributed by atoms with E-state index in [1.807, 2.05) is 0 Å². The monoisotopic (exact) mass is 305 g/mol. The molecule has 0 aliphatic heterocycles. The molecule has 0 heterocycles. The van der Waals surface area contributed by atoms with Gasteiger partial charge in [-0.05, 0) is 62.7 Å². The van der Waals surface area contributed by atoms with Crippen LogP contribution in [0.15, 0.2) is 0 Å². The second-order valence-electron chi connectivity index (χ2n) is 7.17. The van der Waals surface area contributed by atoms with E-state index in [1.54, 1.807) is 0 Å². The fourth-order valence-electron chi connectivity index (χ4n) is 4.79. The summed E-state index contributed by atoms with van der Waals surface area (Å²) in [4.78, 5) is 12.2. The molecule has 4 rings (SSSR count). The molecular formula is C15H22F3NO2. The second kappa shape index (κ2) is 4.86. The number of amides is 1. The Morgan fingerprint density at radius 1 is 1.05 bits per heavy atom. The van der Waals surface area contributed by atoms with Gasteiger partial charge in [-0.3, -0.25) is 4.79 Å². The molecule has 1 amide bonds. The fraction of sp³-hybridized carbons (Fsp3) is 0.933. The van der Waals surface area contributed by atoms with Gasteiger partial charge in [0.15, 0.2) is 0 Å². The van der Waals surface area contributed by atoms with Crippen molar-refractivity contribution in [3.63, 3.8) is 0 Å². The van der Waals surface area contributed by atoms with E-state index in [9.17, 15) is 18.0 Å². The molecule has 4 bridgehead atoms. The van der Waals surface area contributed by atoms with E-state index >= 15 is 0 Å². The number of nitrogens with one attached hydrogen (secondary N) is 1. The van der Waals surface area contributed by atoms with E-state index in [0.717, 1.165) is 51.6 Å². The van der Waals surface area contributed by atoms with Crippen LogP contribution in [-0.2, 0) is 9.53 Å². The Morgan fingerprint density at radius 3 is 1.90 bits per heavy atom. The number of rotatable bonds is 3. The Labute approximate surface area is 122 Å². The van der Waals surface area contributed by atoms with Gasteiger partial charge in [-0.15, -0.1) is 0 Å². The largest absolute Gasteiger partial charge is 0.426 e. The lowest BCUT2D eigenvalue weighted by molar-refractivity contribution is -0.254. The predicted octanol–water partition coefficient (Wildman–Crippen LogP) is 2.89. The molecule has 1 unspecified atom stereocenters. The van der Waals surface area contributed by atoms with Crippen molar-refractivity contribution in [3.8, 4) is 0 Å². The Hall–Kier alpha value is -0.780. The molecule has 4 fully saturated rings. The Bertz CT molecular complexity index is 409. The maximum Gasteiger partial charge on any atom is 0.426 e. The lowest BCUT2D eigenvalue weighted by atomic mass is 9.54. The van der Waals surface area contributed by atoms with Gasteiger partial charge in [0.1, 0.15) is 0 Å². The maximum absolute atomic E-state index is 13.1. The summed E-state index contributed by atoms with van der Waals surface area (Å²) in [5.74, 6) is 1.09. The van der Waals surface area contributed by atoms with Crippen LogP contribution in [0.25, 0.3) is 0 Å². The number of hydrogen-bond donors (Lipinski definition) is 1. The van der Waals surface area contributed by atoms with Crippen molar-refractivity contribution >= 4 is 5.91 Å². The lowest BCUT2D eigenvalue weighted by Gasteiger charge is -2.54. The van der Waals surface area contributed by atoms with Crippen molar-refractivity contribution in [2.45, 2.75) is 56.8 Å². The molecule has 0 saturated heterocycles. The number of ether oxygens (including phenoxy) is 1. The van der Waals surface area contributed by atoms with Crippen LogP contribution in [0.1, 0.15) is 39.0 Å². The van der Waals surface area contributed by atoms with Crippen LogP contribution in [0.4, 0.5) is 13.2 Å². The van der Waals surface area contributed by atoms with Gasteiger partial charge in [0.25, 0.3) is 5.91 Å². The number of methoxy groups -OCH3 is 1. The van der Waals surface area contributed by atoms with E-state index in [-0.39, 0.29) is 6.04 Å². The van der Waals surface area contributed by atoms with Crippen molar-refractivity contribution in [2.24, 2.45) is 23.7 Å². The highest BCUT2D eigenvalue weighted by atomic mass is 19.4. The first-order valence-corrected chi connectivity index (χ1v) is 7.67. The van der Waals surface area contributed by atoms with Crippen molar-refractivity contribution in [1.29, 1.82) is 0 Å². The maximum atomic E-state index is 13.1. The molecule has 0 radical (unpaired) electrons. The summed E-state index contributed by atoms with van der Waals surface area (Å²) in [5, 5.41) is 2.68. The Morgan fingerprint density at radius 2 is 1.52 bits per heavy atom. The second-order valence-corrected chi connectivity index (χ2v) is 7.17. The van der Waals surface area contributed by atoms with Crippen molar-refractivity contribution in [1.82, 2.24) is 5.32 Å². The quantitative estimate of drug-likeness (QED) is 0.870. The summed E-state index contributed by atoms with van der Waals surface area (Å²) in [7, 11) is 0.934. The highest BCUT2D eigenvalue weighted by Gasteiger charge is 2.59. The van der Waals surface area contributed by atoms with Crippen molar-refractivity contribution < 1.29 is 22.7 Å². The lowest BCUT2D eigenvalue weighted by Crippen LogP contribution is -2.62. The molecule has 0 spiro atoms. The summed E-state index contributed by atoms with van der Waals surface area (Å²) < 4.78 is 43.8. The van der Waals surface area contributed by atoms with Gasteiger partial charge in [-0.1, -0.05) is 0 Å². The number of halogens is 3. The highest BCUT2D eigenvalue weighted by Crippen LogP contribution is 2.53. The van der Waals surface area contributed by atoms with Gasteiger partial charge < -0.3 is 10.1 Å². The third kappa shape index (κ3) is 2.35. The number of hydrogen-bond acceptors (Lipinski definition) is 2. The summed E-state index contributed by atoms with van der Waals surface area (Å²) in [6, 6.07) is -0.109. The zero-order chi connectivity index (χ0) is 15.4. The van der Waals surface area contributed by atoms with Crippen LogP contribution >= 0.6 is 0 Å². The number of alkyl halides is 3. The van der Waals surface area contributed by atoms with E-state index in [2.05, 4.69) is 10.1 Å². The van der Waals surface area contributed by atoms with Gasteiger partial charge >= 0.3 is 6.18 Å². The Balaban J connectivity index is 1.73. The molecule has 21 heavy (non-hydrogen) atoms. The SMILES string of the molecule is COC(C)(C(=O)NC1C2CC3CC(C2)CC1C3)C(F)(F)F. The van der Waals surface area contributed by atoms with Crippen LogP contribution in [0.3, 0.4) is 0 Å². The molecule has 6 heteroatoms. The minimum atomic E-state index is -4.71. The molecule has 1 atom stereocenters. The average Bonchev–Trinajstić information content (AvgIpc) is 2.39. The van der Waals surface area contributed by atoms with Gasteiger partial charge in [0, 0.05) is 13.2 Å². The number of carbonyl (C=O) groups excluding carboxylic acids is 1. The molecule has 120 valence electrons. The first-order valence-electron chi connectivity index (χ1n) is 7.67. The van der Waals surface area contributed by atoms with Crippen LogP contribution < -0.4 is 5.32 Å². The third-order valence-electron chi connectivity index (χ3n) is 5.91. The molecule has 0 aromatic heterocycles. The van der Waals surface area contributed by atoms with E-state index in [4.69, 9.17) is 0 Å². The van der Waals surface area contributed by atoms with Crippen molar-refractivity contribution in [3.05, 3.63) is 0 Å². The molecule has 0 aromatic rings. The first-order chi connectivity index (χ1) is 9.74. The predicted molar refractivity (Wildman–Crippen MR) is 70.4 cm³/mol. The normalized spacial score (nSPS) is 40.9. The summed E-state index contributed by atoms with van der Waals surface area (Å²) in [5.41, 5.74) is -2.76. The minimum absolute atomic E-state index is 0.109.